The Morgan fingerprint density at radius 2 is 2.03 bits per heavy atom. The maximum Gasteiger partial charge on any atom is 0.230 e. The predicted molar refractivity (Wildman–Crippen MR) is 112 cm³/mol. The van der Waals surface area contributed by atoms with E-state index in [0.717, 1.165) is 30.8 Å². The van der Waals surface area contributed by atoms with E-state index in [4.69, 9.17) is 4.74 Å². The Labute approximate surface area is 178 Å². The summed E-state index contributed by atoms with van der Waals surface area (Å²) in [4.78, 5) is 30.6. The summed E-state index contributed by atoms with van der Waals surface area (Å²) in [7, 11) is 0. The van der Waals surface area contributed by atoms with Gasteiger partial charge in [0.05, 0.1) is 36.2 Å². The van der Waals surface area contributed by atoms with Crippen LogP contribution in [0.5, 0.6) is 0 Å². The highest BCUT2D eigenvalue weighted by atomic mass is 16.5. The van der Waals surface area contributed by atoms with Crippen molar-refractivity contribution in [3.05, 3.63) is 29.6 Å². The topological polar surface area (TPSA) is 67.7 Å². The van der Waals surface area contributed by atoms with E-state index < -0.39 is 11.5 Å². The average Bonchev–Trinajstić information content (AvgIpc) is 3.39. The largest absolute Gasteiger partial charge is 0.360 e. The fourth-order valence-electron chi connectivity index (χ4n) is 5.89. The van der Waals surface area contributed by atoms with Gasteiger partial charge in [-0.3, -0.25) is 14.3 Å². The third-order valence-electron chi connectivity index (χ3n) is 7.66. The molecule has 5 rings (SSSR count). The summed E-state index contributed by atoms with van der Waals surface area (Å²) < 4.78 is 8.30. The van der Waals surface area contributed by atoms with E-state index in [1.807, 2.05) is 33.6 Å². The fraction of sp³-hybridized carbons (Fsp3) is 0.696. The van der Waals surface area contributed by atoms with Crippen LogP contribution in [-0.2, 0) is 14.3 Å². The molecule has 30 heavy (non-hydrogen) atoms. The summed E-state index contributed by atoms with van der Waals surface area (Å²) in [5.41, 5.74) is 1.52. The zero-order valence-electron chi connectivity index (χ0n) is 18.4. The van der Waals surface area contributed by atoms with Gasteiger partial charge in [0.1, 0.15) is 5.60 Å². The summed E-state index contributed by atoms with van der Waals surface area (Å²) in [5, 5.41) is 4.56. The summed E-state index contributed by atoms with van der Waals surface area (Å²) in [5.74, 6) is -0.108. The third kappa shape index (κ3) is 2.77. The van der Waals surface area contributed by atoms with Crippen LogP contribution in [-0.4, -0.2) is 69.3 Å². The van der Waals surface area contributed by atoms with Gasteiger partial charge in [-0.05, 0) is 25.8 Å². The molecule has 2 amide bonds. The molecule has 4 aliphatic rings. The van der Waals surface area contributed by atoms with Gasteiger partial charge in [-0.15, -0.1) is 0 Å². The number of fused-ring (bicyclic) bond motifs is 1. The van der Waals surface area contributed by atoms with E-state index >= 15 is 0 Å². The molecule has 0 aliphatic carbocycles. The number of ether oxygens (including phenoxy) is 1. The summed E-state index contributed by atoms with van der Waals surface area (Å²) in [6.07, 6.45) is 5.90. The number of carbonyl (C=O) groups excluding carboxylic acids is 2. The molecule has 0 saturated carbocycles. The first-order chi connectivity index (χ1) is 14.4. The molecular weight excluding hydrogens is 380 g/mol. The number of aryl methyl sites for hydroxylation is 2. The third-order valence-corrected chi connectivity index (χ3v) is 7.66. The lowest BCUT2D eigenvalue weighted by Gasteiger charge is -2.42. The smallest absolute Gasteiger partial charge is 0.230 e. The Morgan fingerprint density at radius 3 is 2.67 bits per heavy atom. The monoisotopic (exact) mass is 412 g/mol. The highest BCUT2D eigenvalue weighted by Crippen LogP contribution is 2.52. The molecule has 2 bridgehead atoms. The predicted octanol–water partition coefficient (Wildman–Crippen LogP) is 2.10. The fourth-order valence-corrected chi connectivity index (χ4v) is 5.89. The van der Waals surface area contributed by atoms with E-state index in [2.05, 4.69) is 31.9 Å². The molecule has 0 N–H and O–H groups in total. The molecule has 0 unspecified atom stereocenters. The SMILES string of the molecule is CCC(CC)CN1C[C@]23C=C[C@H](O2)[C@@H](C(=O)N2CC(n4nc(C)cc4C)C2)[C@H]3C1=O. The number of nitrogens with zero attached hydrogens (tertiary/aromatic N) is 4. The average molecular weight is 413 g/mol. The number of amides is 2. The van der Waals surface area contributed by atoms with Crippen molar-refractivity contribution in [1.29, 1.82) is 0 Å². The molecule has 5 heterocycles. The molecule has 1 aromatic heterocycles. The second-order valence-corrected chi connectivity index (χ2v) is 9.57. The number of hydrogen-bond donors (Lipinski definition) is 0. The minimum atomic E-state index is -0.603. The maximum atomic E-state index is 13.4. The number of carbonyl (C=O) groups is 2. The highest BCUT2D eigenvalue weighted by molar-refractivity contribution is 5.93. The van der Waals surface area contributed by atoms with Crippen LogP contribution in [0, 0.1) is 31.6 Å². The molecule has 3 fully saturated rings. The molecule has 7 nitrogen and oxygen atoms in total. The zero-order valence-corrected chi connectivity index (χ0v) is 18.4. The number of likely N-dealkylation sites (tertiary alicyclic amines) is 2. The first kappa shape index (κ1) is 19.8. The lowest BCUT2D eigenvalue weighted by atomic mass is 9.76. The molecule has 3 saturated heterocycles. The van der Waals surface area contributed by atoms with Gasteiger partial charge in [-0.25, -0.2) is 0 Å². The Kier molecular flexibility index (Phi) is 4.58. The Hall–Kier alpha value is -2.15. The van der Waals surface area contributed by atoms with Crippen molar-refractivity contribution in [3.8, 4) is 0 Å². The first-order valence-corrected chi connectivity index (χ1v) is 11.3. The second kappa shape index (κ2) is 6.94. The Balaban J connectivity index is 1.30. The van der Waals surface area contributed by atoms with Crippen LogP contribution in [0.15, 0.2) is 18.2 Å². The van der Waals surface area contributed by atoms with E-state index in [9.17, 15) is 9.59 Å². The van der Waals surface area contributed by atoms with Crippen molar-refractivity contribution >= 4 is 11.8 Å². The number of rotatable bonds is 6. The van der Waals surface area contributed by atoms with Gasteiger partial charge in [-0.1, -0.05) is 38.8 Å². The second-order valence-electron chi connectivity index (χ2n) is 9.57. The van der Waals surface area contributed by atoms with E-state index in [1.54, 1.807) is 0 Å². The van der Waals surface area contributed by atoms with Gasteiger partial charge < -0.3 is 14.5 Å². The van der Waals surface area contributed by atoms with Crippen LogP contribution in [0.25, 0.3) is 0 Å². The molecular formula is C23H32N4O3. The quantitative estimate of drug-likeness (QED) is 0.671. The molecule has 1 spiro atoms. The van der Waals surface area contributed by atoms with Crippen LogP contribution in [0.2, 0.25) is 0 Å². The van der Waals surface area contributed by atoms with Gasteiger partial charge in [0.25, 0.3) is 0 Å². The van der Waals surface area contributed by atoms with Crippen molar-refractivity contribution in [1.82, 2.24) is 19.6 Å². The molecule has 4 aliphatic heterocycles. The highest BCUT2D eigenvalue weighted by Gasteiger charge is 2.67. The molecule has 0 aromatic carbocycles. The van der Waals surface area contributed by atoms with Crippen LogP contribution in [0.3, 0.4) is 0 Å². The van der Waals surface area contributed by atoms with Gasteiger partial charge in [0, 0.05) is 25.3 Å². The van der Waals surface area contributed by atoms with Crippen molar-refractivity contribution in [2.45, 2.75) is 58.3 Å². The lowest BCUT2D eigenvalue weighted by molar-refractivity contribution is -0.148. The maximum absolute atomic E-state index is 13.4. The van der Waals surface area contributed by atoms with E-state index in [0.29, 0.717) is 25.6 Å². The molecule has 1 aromatic rings. The Morgan fingerprint density at radius 1 is 1.30 bits per heavy atom. The normalized spacial score (nSPS) is 32.4. The zero-order chi connectivity index (χ0) is 21.2. The number of aromatic nitrogens is 2. The van der Waals surface area contributed by atoms with E-state index in [-0.39, 0.29) is 29.9 Å². The lowest BCUT2D eigenvalue weighted by Crippen LogP contribution is -2.56. The van der Waals surface area contributed by atoms with Crippen molar-refractivity contribution in [2.24, 2.45) is 17.8 Å². The molecule has 0 radical (unpaired) electrons. The molecule has 7 heteroatoms. The Bertz CT molecular complexity index is 898. The first-order valence-electron chi connectivity index (χ1n) is 11.3. The van der Waals surface area contributed by atoms with E-state index in [1.165, 1.54) is 0 Å². The molecule has 162 valence electrons. The minimum Gasteiger partial charge on any atom is -0.360 e. The number of hydrogen-bond acceptors (Lipinski definition) is 4. The van der Waals surface area contributed by atoms with Gasteiger partial charge in [-0.2, -0.15) is 5.10 Å². The van der Waals surface area contributed by atoms with Crippen LogP contribution in [0.4, 0.5) is 0 Å². The minimum absolute atomic E-state index is 0.0618. The summed E-state index contributed by atoms with van der Waals surface area (Å²) >= 11 is 0. The van der Waals surface area contributed by atoms with Crippen LogP contribution in [0.1, 0.15) is 44.1 Å². The van der Waals surface area contributed by atoms with Crippen molar-refractivity contribution in [2.75, 3.05) is 26.2 Å². The van der Waals surface area contributed by atoms with Crippen LogP contribution >= 0.6 is 0 Å². The molecule has 4 atom stereocenters. The summed E-state index contributed by atoms with van der Waals surface area (Å²) in [6.45, 7) is 11.0. The standard InChI is InChI=1S/C23H32N4O3/c1-5-16(6-2)10-26-13-23-8-7-18(30-23)19(20(23)22(26)29)21(28)25-11-17(12-25)27-15(4)9-14(3)24-27/h7-9,16-20H,5-6,10-13H2,1-4H3/t18-,19+,20-,23-/m0/s1. The van der Waals surface area contributed by atoms with Crippen LogP contribution < -0.4 is 0 Å². The van der Waals surface area contributed by atoms with Crippen molar-refractivity contribution < 1.29 is 14.3 Å². The van der Waals surface area contributed by atoms with Gasteiger partial charge in [0.2, 0.25) is 11.8 Å². The van der Waals surface area contributed by atoms with Gasteiger partial charge in [0.15, 0.2) is 0 Å². The summed E-state index contributed by atoms with van der Waals surface area (Å²) in [6, 6.07) is 2.28. The van der Waals surface area contributed by atoms with Crippen molar-refractivity contribution in [3.63, 3.8) is 0 Å². The van der Waals surface area contributed by atoms with Gasteiger partial charge >= 0.3 is 0 Å².